The molecule has 2 aromatic rings. The first-order chi connectivity index (χ1) is 13.3. The van der Waals surface area contributed by atoms with Gasteiger partial charge in [0, 0.05) is 57.3 Å². The summed E-state index contributed by atoms with van der Waals surface area (Å²) >= 11 is 0. The Labute approximate surface area is 183 Å². The van der Waals surface area contributed by atoms with Gasteiger partial charge in [0.15, 0.2) is 5.96 Å². The van der Waals surface area contributed by atoms with E-state index in [1.165, 1.54) is 5.69 Å². The summed E-state index contributed by atoms with van der Waals surface area (Å²) in [6.07, 6.45) is 4.27. The monoisotopic (exact) mass is 494 g/mol. The fourth-order valence-corrected chi connectivity index (χ4v) is 3.10. The molecule has 28 heavy (non-hydrogen) atoms. The van der Waals surface area contributed by atoms with Crippen molar-refractivity contribution in [1.82, 2.24) is 20.9 Å². The third kappa shape index (κ3) is 6.36. The fraction of sp³-hybridized carbons (Fsp3) is 0.350. The van der Waals surface area contributed by atoms with Gasteiger partial charge in [0.1, 0.15) is 0 Å². The molecule has 0 bridgehead atoms. The Hall–Kier alpha value is -2.36. The highest BCUT2D eigenvalue weighted by Gasteiger charge is 2.23. The highest BCUT2D eigenvalue weighted by Crippen LogP contribution is 2.19. The standard InChI is InChI=1S/C20H26N6O.HI/c1-21-20(24-12-11-23-19(27)16-6-5-10-22-14-16)25-17-9-13-26(15-17)18-7-3-2-4-8-18;/h2-8,10,14,17H,9,11-13,15H2,1H3,(H,23,27)(H2,21,24,25);1H. The average molecular weight is 494 g/mol. The second-order valence-electron chi connectivity index (χ2n) is 6.41. The van der Waals surface area contributed by atoms with Crippen molar-refractivity contribution in [2.75, 3.05) is 38.1 Å². The number of carbonyl (C=O) groups is 1. The highest BCUT2D eigenvalue weighted by atomic mass is 127. The second-order valence-corrected chi connectivity index (χ2v) is 6.41. The van der Waals surface area contributed by atoms with Gasteiger partial charge >= 0.3 is 0 Å². The first kappa shape index (κ1) is 21.9. The van der Waals surface area contributed by atoms with Crippen LogP contribution in [0.1, 0.15) is 16.8 Å². The molecule has 0 aliphatic carbocycles. The largest absolute Gasteiger partial charge is 0.369 e. The lowest BCUT2D eigenvalue weighted by Gasteiger charge is -2.20. The summed E-state index contributed by atoms with van der Waals surface area (Å²) in [5, 5.41) is 9.58. The van der Waals surface area contributed by atoms with Crippen LogP contribution in [0.4, 0.5) is 5.69 Å². The number of carbonyl (C=O) groups excluding carboxylic acids is 1. The molecule has 1 atom stereocenters. The van der Waals surface area contributed by atoms with Crippen molar-refractivity contribution in [2.24, 2.45) is 4.99 Å². The molecule has 0 spiro atoms. The number of amides is 1. The van der Waals surface area contributed by atoms with Gasteiger partial charge in [-0.15, -0.1) is 24.0 Å². The molecular weight excluding hydrogens is 467 g/mol. The lowest BCUT2D eigenvalue weighted by Crippen LogP contribution is -2.46. The van der Waals surface area contributed by atoms with Crippen LogP contribution < -0.4 is 20.9 Å². The van der Waals surface area contributed by atoms with Crippen molar-refractivity contribution in [3.63, 3.8) is 0 Å². The maximum atomic E-state index is 12.0. The fourth-order valence-electron chi connectivity index (χ4n) is 3.10. The molecule has 7 nitrogen and oxygen atoms in total. The van der Waals surface area contributed by atoms with E-state index < -0.39 is 0 Å². The number of guanidine groups is 1. The minimum absolute atomic E-state index is 0. The number of para-hydroxylation sites is 1. The SMILES string of the molecule is CN=C(NCCNC(=O)c1cccnc1)NC1CCN(c2ccccc2)C1.I. The number of nitrogens with one attached hydrogen (secondary N) is 3. The van der Waals surface area contributed by atoms with Gasteiger partial charge < -0.3 is 20.9 Å². The third-order valence-corrected chi connectivity index (χ3v) is 4.50. The first-order valence-corrected chi connectivity index (χ1v) is 9.21. The zero-order valence-corrected chi connectivity index (χ0v) is 18.3. The number of aliphatic imine (C=N–C) groups is 1. The van der Waals surface area contributed by atoms with Crippen LogP contribution in [0.3, 0.4) is 0 Å². The maximum Gasteiger partial charge on any atom is 0.252 e. The van der Waals surface area contributed by atoms with Crippen molar-refractivity contribution < 1.29 is 4.79 Å². The van der Waals surface area contributed by atoms with E-state index in [4.69, 9.17) is 0 Å². The Balaban J connectivity index is 0.00000280. The van der Waals surface area contributed by atoms with Gasteiger partial charge in [-0.3, -0.25) is 14.8 Å². The third-order valence-electron chi connectivity index (χ3n) is 4.50. The molecule has 150 valence electrons. The summed E-state index contributed by atoms with van der Waals surface area (Å²) in [6.45, 7) is 3.08. The molecule has 8 heteroatoms. The molecule has 3 N–H and O–H groups in total. The number of hydrogen-bond acceptors (Lipinski definition) is 4. The number of pyridine rings is 1. The van der Waals surface area contributed by atoms with Gasteiger partial charge in [0.2, 0.25) is 0 Å². The van der Waals surface area contributed by atoms with E-state index >= 15 is 0 Å². The summed E-state index contributed by atoms with van der Waals surface area (Å²) in [5.74, 6) is 0.632. The van der Waals surface area contributed by atoms with E-state index in [-0.39, 0.29) is 29.9 Å². The van der Waals surface area contributed by atoms with Crippen molar-refractivity contribution in [3.05, 3.63) is 60.4 Å². The van der Waals surface area contributed by atoms with Gasteiger partial charge in [-0.1, -0.05) is 18.2 Å². The van der Waals surface area contributed by atoms with Crippen LogP contribution in [0.15, 0.2) is 59.9 Å². The number of halogens is 1. The van der Waals surface area contributed by atoms with Gasteiger partial charge in [0.05, 0.1) is 5.56 Å². The van der Waals surface area contributed by atoms with Gasteiger partial charge in [0.25, 0.3) is 5.91 Å². The first-order valence-electron chi connectivity index (χ1n) is 9.21. The molecule has 1 amide bonds. The minimum atomic E-state index is -0.123. The normalized spacial score (nSPS) is 16.2. The van der Waals surface area contributed by atoms with Crippen molar-refractivity contribution in [3.8, 4) is 0 Å². The zero-order chi connectivity index (χ0) is 18.9. The average Bonchev–Trinajstić information content (AvgIpc) is 3.20. The molecular formula is C20H27IN6O. The topological polar surface area (TPSA) is 81.6 Å². The molecule has 1 aliphatic heterocycles. The maximum absolute atomic E-state index is 12.0. The minimum Gasteiger partial charge on any atom is -0.369 e. The predicted octanol–water partition coefficient (Wildman–Crippen LogP) is 1.87. The molecule has 0 radical (unpaired) electrons. The lowest BCUT2D eigenvalue weighted by molar-refractivity contribution is 0.0954. The van der Waals surface area contributed by atoms with Crippen molar-refractivity contribution in [2.45, 2.75) is 12.5 Å². The van der Waals surface area contributed by atoms with Crippen LogP contribution >= 0.6 is 24.0 Å². The van der Waals surface area contributed by atoms with Crippen LogP contribution in [0, 0.1) is 0 Å². The number of nitrogens with zero attached hydrogens (tertiary/aromatic N) is 3. The van der Waals surface area contributed by atoms with Crippen LogP contribution in [0.5, 0.6) is 0 Å². The second kappa shape index (κ2) is 11.5. The Kier molecular flexibility index (Phi) is 8.99. The van der Waals surface area contributed by atoms with Crippen LogP contribution in [0.2, 0.25) is 0 Å². The van der Waals surface area contributed by atoms with Gasteiger partial charge in [-0.25, -0.2) is 0 Å². The molecule has 1 aromatic heterocycles. The Bertz CT molecular complexity index is 756. The van der Waals surface area contributed by atoms with Gasteiger partial charge in [-0.2, -0.15) is 0 Å². The Morgan fingerprint density at radius 3 is 2.68 bits per heavy atom. The molecule has 1 fully saturated rings. The highest BCUT2D eigenvalue weighted by molar-refractivity contribution is 14.0. The lowest BCUT2D eigenvalue weighted by atomic mass is 10.2. The van der Waals surface area contributed by atoms with E-state index in [9.17, 15) is 4.79 Å². The number of hydrogen-bond donors (Lipinski definition) is 3. The molecule has 2 heterocycles. The van der Waals surface area contributed by atoms with Crippen molar-refractivity contribution >= 4 is 41.5 Å². The number of anilines is 1. The van der Waals surface area contributed by atoms with Crippen LogP contribution in [-0.4, -0.2) is 56.1 Å². The molecule has 1 aliphatic rings. The predicted molar refractivity (Wildman–Crippen MR) is 124 cm³/mol. The summed E-state index contributed by atoms with van der Waals surface area (Å²) in [4.78, 5) is 22.6. The molecule has 1 saturated heterocycles. The van der Waals surface area contributed by atoms with E-state index in [0.717, 1.165) is 25.5 Å². The smallest absolute Gasteiger partial charge is 0.252 e. The van der Waals surface area contributed by atoms with Crippen LogP contribution in [-0.2, 0) is 0 Å². The summed E-state index contributed by atoms with van der Waals surface area (Å²) < 4.78 is 0. The Morgan fingerprint density at radius 1 is 1.18 bits per heavy atom. The Morgan fingerprint density at radius 2 is 1.96 bits per heavy atom. The van der Waals surface area contributed by atoms with E-state index in [0.29, 0.717) is 24.7 Å². The van der Waals surface area contributed by atoms with Crippen LogP contribution in [0.25, 0.3) is 0 Å². The molecule has 0 saturated carbocycles. The number of aromatic nitrogens is 1. The number of benzene rings is 1. The summed E-state index contributed by atoms with van der Waals surface area (Å²) in [6, 6.07) is 14.3. The summed E-state index contributed by atoms with van der Waals surface area (Å²) in [7, 11) is 1.76. The van der Waals surface area contributed by atoms with E-state index in [1.807, 2.05) is 6.07 Å². The van der Waals surface area contributed by atoms with Crippen molar-refractivity contribution in [1.29, 1.82) is 0 Å². The number of rotatable bonds is 6. The molecule has 1 aromatic carbocycles. The zero-order valence-electron chi connectivity index (χ0n) is 16.0. The molecule has 1 unspecified atom stereocenters. The molecule has 3 rings (SSSR count). The van der Waals surface area contributed by atoms with E-state index in [1.54, 1.807) is 31.6 Å². The van der Waals surface area contributed by atoms with E-state index in [2.05, 4.69) is 55.1 Å². The summed E-state index contributed by atoms with van der Waals surface area (Å²) in [5.41, 5.74) is 1.81. The van der Waals surface area contributed by atoms with Gasteiger partial charge in [-0.05, 0) is 30.7 Å². The quantitative estimate of drug-likeness (QED) is 0.247.